The predicted octanol–water partition coefficient (Wildman–Crippen LogP) is 1.75. The van der Waals surface area contributed by atoms with Gasteiger partial charge in [-0.1, -0.05) is 13.8 Å². The van der Waals surface area contributed by atoms with Crippen LogP contribution in [0, 0.1) is 11.3 Å². The zero-order valence-corrected chi connectivity index (χ0v) is 11.8. The highest BCUT2D eigenvalue weighted by Gasteiger charge is 2.30. The van der Waals surface area contributed by atoms with E-state index in [2.05, 4.69) is 18.9 Å². The van der Waals surface area contributed by atoms with Crippen LogP contribution in [-0.4, -0.2) is 18.2 Å². The number of rotatable bonds is 4. The summed E-state index contributed by atoms with van der Waals surface area (Å²) in [5.74, 6) is 0.724. The van der Waals surface area contributed by atoms with Crippen LogP contribution in [0.1, 0.15) is 39.5 Å². The van der Waals surface area contributed by atoms with Crippen molar-refractivity contribution in [3.05, 3.63) is 12.3 Å². The molecule has 102 valence electrons. The molecule has 1 aromatic rings. The fourth-order valence-corrected chi connectivity index (χ4v) is 3.23. The quantitative estimate of drug-likeness (QED) is 0.906. The van der Waals surface area contributed by atoms with E-state index in [1.54, 1.807) is 10.9 Å². The number of nitrogens with zero attached hydrogens (tertiary/aromatic N) is 2. The number of hydrogen-bond donors (Lipinski definition) is 1. The van der Waals surface area contributed by atoms with Crippen LogP contribution in [0.3, 0.4) is 0 Å². The second-order valence-corrected chi connectivity index (χ2v) is 7.53. The fraction of sp³-hybridized carbons (Fsp3) is 0.750. The average Bonchev–Trinajstić information content (AvgIpc) is 2.80. The number of hydrogen-bond acceptors (Lipinski definition) is 3. The number of sulfonamides is 1. The van der Waals surface area contributed by atoms with Gasteiger partial charge in [0.2, 0.25) is 0 Å². The van der Waals surface area contributed by atoms with Gasteiger partial charge in [0, 0.05) is 12.7 Å². The van der Waals surface area contributed by atoms with Gasteiger partial charge in [-0.05, 0) is 43.1 Å². The van der Waals surface area contributed by atoms with Crippen molar-refractivity contribution < 1.29 is 8.42 Å². The van der Waals surface area contributed by atoms with Crippen molar-refractivity contribution in [1.82, 2.24) is 9.78 Å². The lowest BCUT2D eigenvalue weighted by atomic mass is 9.90. The number of nitrogens with two attached hydrogens (primary N) is 1. The van der Waals surface area contributed by atoms with E-state index in [1.807, 2.05) is 0 Å². The first-order chi connectivity index (χ1) is 8.26. The van der Waals surface area contributed by atoms with Crippen molar-refractivity contribution in [1.29, 1.82) is 0 Å². The molecule has 18 heavy (non-hydrogen) atoms. The summed E-state index contributed by atoms with van der Waals surface area (Å²) >= 11 is 0. The van der Waals surface area contributed by atoms with Crippen LogP contribution in [0.2, 0.25) is 0 Å². The van der Waals surface area contributed by atoms with E-state index in [4.69, 9.17) is 5.14 Å². The minimum absolute atomic E-state index is 0.0470. The first-order valence-corrected chi connectivity index (χ1v) is 7.87. The number of aromatic nitrogens is 2. The van der Waals surface area contributed by atoms with E-state index in [0.29, 0.717) is 5.41 Å². The minimum atomic E-state index is -3.67. The highest BCUT2D eigenvalue weighted by Crippen LogP contribution is 2.42. The van der Waals surface area contributed by atoms with Gasteiger partial charge in [0.1, 0.15) is 0 Å². The lowest BCUT2D eigenvalue weighted by Crippen LogP contribution is -2.14. The largest absolute Gasteiger partial charge is 0.271 e. The van der Waals surface area contributed by atoms with E-state index < -0.39 is 10.0 Å². The highest BCUT2D eigenvalue weighted by atomic mass is 32.2. The van der Waals surface area contributed by atoms with Gasteiger partial charge in [-0.25, -0.2) is 13.6 Å². The Morgan fingerprint density at radius 3 is 2.78 bits per heavy atom. The van der Waals surface area contributed by atoms with E-state index >= 15 is 0 Å². The average molecular weight is 271 g/mol. The SMILES string of the molecule is CC1(C)CCC(CCn2ccc(S(N)(=O)=O)n2)C1. The van der Waals surface area contributed by atoms with Crippen LogP contribution in [0.4, 0.5) is 0 Å². The molecule has 2 N–H and O–H groups in total. The fourth-order valence-electron chi connectivity index (χ4n) is 2.76. The molecule has 0 aromatic carbocycles. The molecule has 1 heterocycles. The van der Waals surface area contributed by atoms with Gasteiger partial charge in [-0.15, -0.1) is 0 Å². The zero-order chi connectivity index (χ0) is 13.4. The summed E-state index contributed by atoms with van der Waals surface area (Å²) in [5, 5.41) is 8.96. The molecular formula is C12H21N3O2S. The Bertz CT molecular complexity index is 519. The molecule has 1 aliphatic carbocycles. The summed E-state index contributed by atoms with van der Waals surface area (Å²) in [5.41, 5.74) is 0.459. The van der Waals surface area contributed by atoms with Crippen LogP contribution >= 0.6 is 0 Å². The Morgan fingerprint density at radius 1 is 1.56 bits per heavy atom. The molecule has 0 spiro atoms. The highest BCUT2D eigenvalue weighted by molar-refractivity contribution is 7.89. The molecule has 2 rings (SSSR count). The Hall–Kier alpha value is -0.880. The van der Waals surface area contributed by atoms with Crippen LogP contribution in [0.15, 0.2) is 17.3 Å². The molecule has 1 aliphatic rings. The molecule has 1 fully saturated rings. The third-order valence-electron chi connectivity index (χ3n) is 3.74. The van der Waals surface area contributed by atoms with Crippen molar-refractivity contribution in [2.45, 2.75) is 51.1 Å². The Kier molecular flexibility index (Phi) is 3.51. The topological polar surface area (TPSA) is 78.0 Å². The van der Waals surface area contributed by atoms with Gasteiger partial charge < -0.3 is 0 Å². The normalized spacial score (nSPS) is 23.4. The molecule has 1 unspecified atom stereocenters. The maximum Gasteiger partial charge on any atom is 0.257 e. The Labute approximate surface area is 108 Å². The molecule has 1 saturated carbocycles. The molecular weight excluding hydrogens is 250 g/mol. The van der Waals surface area contributed by atoms with Gasteiger partial charge >= 0.3 is 0 Å². The number of aryl methyl sites for hydroxylation is 1. The first kappa shape index (κ1) is 13.5. The smallest absolute Gasteiger partial charge is 0.257 e. The van der Waals surface area contributed by atoms with Gasteiger partial charge in [0.15, 0.2) is 5.03 Å². The van der Waals surface area contributed by atoms with Crippen LogP contribution in [-0.2, 0) is 16.6 Å². The van der Waals surface area contributed by atoms with E-state index in [9.17, 15) is 8.42 Å². The molecule has 0 radical (unpaired) electrons. The van der Waals surface area contributed by atoms with Crippen molar-refractivity contribution >= 4 is 10.0 Å². The lowest BCUT2D eigenvalue weighted by Gasteiger charge is -2.16. The van der Waals surface area contributed by atoms with Crippen molar-refractivity contribution in [3.63, 3.8) is 0 Å². The van der Waals surface area contributed by atoms with Gasteiger partial charge in [-0.2, -0.15) is 5.10 Å². The second kappa shape index (κ2) is 4.66. The summed E-state index contributed by atoms with van der Waals surface area (Å²) in [6.07, 6.45) is 6.51. The van der Waals surface area contributed by atoms with Gasteiger partial charge in [0.05, 0.1) is 0 Å². The van der Waals surface area contributed by atoms with Crippen LogP contribution in [0.5, 0.6) is 0 Å². The lowest BCUT2D eigenvalue weighted by molar-refractivity contribution is 0.344. The maximum atomic E-state index is 11.1. The summed E-state index contributed by atoms with van der Waals surface area (Å²) in [4.78, 5) is 0. The maximum absolute atomic E-state index is 11.1. The second-order valence-electron chi connectivity index (χ2n) is 6.02. The van der Waals surface area contributed by atoms with E-state index in [-0.39, 0.29) is 5.03 Å². The molecule has 0 bridgehead atoms. The van der Waals surface area contributed by atoms with Gasteiger partial charge in [0.25, 0.3) is 10.0 Å². The van der Waals surface area contributed by atoms with E-state index in [1.165, 1.54) is 25.3 Å². The van der Waals surface area contributed by atoms with Crippen LogP contribution < -0.4 is 5.14 Å². The minimum Gasteiger partial charge on any atom is -0.271 e. The summed E-state index contributed by atoms with van der Waals surface area (Å²) in [6, 6.07) is 1.45. The Morgan fingerprint density at radius 2 is 2.28 bits per heavy atom. The van der Waals surface area contributed by atoms with Gasteiger partial charge in [-0.3, -0.25) is 4.68 Å². The van der Waals surface area contributed by atoms with E-state index in [0.717, 1.165) is 18.9 Å². The first-order valence-electron chi connectivity index (χ1n) is 6.33. The monoisotopic (exact) mass is 271 g/mol. The summed E-state index contributed by atoms with van der Waals surface area (Å²) < 4.78 is 23.9. The zero-order valence-electron chi connectivity index (χ0n) is 11.0. The predicted molar refractivity (Wildman–Crippen MR) is 69.3 cm³/mol. The summed E-state index contributed by atoms with van der Waals surface area (Å²) in [7, 11) is -3.67. The molecule has 0 amide bonds. The molecule has 0 saturated heterocycles. The summed E-state index contributed by atoms with van der Waals surface area (Å²) in [6.45, 7) is 5.37. The molecule has 5 nitrogen and oxygen atoms in total. The van der Waals surface area contributed by atoms with Crippen molar-refractivity contribution in [2.24, 2.45) is 16.5 Å². The Balaban J connectivity index is 1.90. The third kappa shape index (κ3) is 3.32. The standard InChI is InChI=1S/C12H21N3O2S/c1-12(2)6-3-10(9-12)4-7-15-8-5-11(14-15)18(13,16)17/h5,8,10H,3-4,6-7,9H2,1-2H3,(H2,13,16,17). The molecule has 0 aliphatic heterocycles. The third-order valence-corrected chi connectivity index (χ3v) is 4.55. The molecule has 1 aromatic heterocycles. The number of primary sulfonamides is 1. The van der Waals surface area contributed by atoms with Crippen LogP contribution in [0.25, 0.3) is 0 Å². The molecule has 1 atom stereocenters. The van der Waals surface area contributed by atoms with Crippen molar-refractivity contribution in [2.75, 3.05) is 0 Å². The molecule has 6 heteroatoms. The van der Waals surface area contributed by atoms with Crippen molar-refractivity contribution in [3.8, 4) is 0 Å².